The second kappa shape index (κ2) is 12.5. The molecule has 1 aliphatic rings. The molecule has 1 heterocycles. The van der Waals surface area contributed by atoms with Crippen LogP contribution in [0.1, 0.15) is 65.1 Å². The van der Waals surface area contributed by atoms with Crippen LogP contribution in [0.5, 0.6) is 0 Å². The maximum Gasteiger partial charge on any atom is 0.337 e. The predicted molar refractivity (Wildman–Crippen MR) is 143 cm³/mol. The third-order valence-corrected chi connectivity index (χ3v) is 7.30. The van der Waals surface area contributed by atoms with Crippen molar-refractivity contribution in [1.82, 2.24) is 10.2 Å². The number of rotatable bonds is 9. The molecule has 188 valence electrons. The van der Waals surface area contributed by atoms with Crippen molar-refractivity contribution in [3.63, 3.8) is 0 Å². The Morgan fingerprint density at radius 2 is 1.42 bits per heavy atom. The minimum Gasteiger partial charge on any atom is -0.465 e. The van der Waals surface area contributed by atoms with E-state index in [4.69, 9.17) is 4.74 Å². The molecule has 1 aliphatic heterocycles. The van der Waals surface area contributed by atoms with Crippen LogP contribution in [0, 0.1) is 0 Å². The van der Waals surface area contributed by atoms with Crippen LogP contribution < -0.4 is 5.32 Å². The molecule has 1 N–H and O–H groups in total. The number of piperidine rings is 1. The first-order chi connectivity index (χ1) is 17.5. The molecule has 0 bridgehead atoms. The first-order valence-electron chi connectivity index (χ1n) is 12.9. The van der Waals surface area contributed by atoms with Gasteiger partial charge in [0.25, 0.3) is 0 Å². The lowest BCUT2D eigenvalue weighted by Crippen LogP contribution is -2.46. The normalized spacial score (nSPS) is 15.4. The summed E-state index contributed by atoms with van der Waals surface area (Å²) in [6, 6.07) is 28.8. The number of hydrogen-bond acceptors (Lipinski definition) is 4. The summed E-state index contributed by atoms with van der Waals surface area (Å²) in [5.74, 6) is -0.222. The van der Waals surface area contributed by atoms with Crippen LogP contribution >= 0.6 is 0 Å². The molecule has 1 fully saturated rings. The number of esters is 1. The Kier molecular flexibility index (Phi) is 8.90. The van der Waals surface area contributed by atoms with Gasteiger partial charge in [-0.25, -0.2) is 4.79 Å². The highest BCUT2D eigenvalue weighted by molar-refractivity contribution is 5.89. The van der Waals surface area contributed by atoms with E-state index in [0.29, 0.717) is 11.5 Å². The topological polar surface area (TPSA) is 58.6 Å². The monoisotopic (exact) mass is 484 g/mol. The number of amides is 1. The van der Waals surface area contributed by atoms with Gasteiger partial charge in [-0.1, -0.05) is 72.8 Å². The average Bonchev–Trinajstić information content (AvgIpc) is 2.94. The first-order valence-corrected chi connectivity index (χ1v) is 12.9. The van der Waals surface area contributed by atoms with Crippen LogP contribution in [0.3, 0.4) is 0 Å². The zero-order chi connectivity index (χ0) is 25.3. The largest absolute Gasteiger partial charge is 0.465 e. The van der Waals surface area contributed by atoms with Crippen LogP contribution in [0.2, 0.25) is 0 Å². The van der Waals surface area contributed by atoms with Gasteiger partial charge in [-0.2, -0.15) is 0 Å². The molecule has 3 aromatic carbocycles. The van der Waals surface area contributed by atoms with Crippen molar-refractivity contribution >= 4 is 11.9 Å². The van der Waals surface area contributed by atoms with Crippen molar-refractivity contribution in [2.45, 2.75) is 44.1 Å². The molecule has 5 nitrogen and oxygen atoms in total. The van der Waals surface area contributed by atoms with Crippen molar-refractivity contribution in [1.29, 1.82) is 0 Å². The Morgan fingerprint density at radius 3 is 1.94 bits per heavy atom. The van der Waals surface area contributed by atoms with E-state index in [1.54, 1.807) is 12.1 Å². The van der Waals surface area contributed by atoms with Crippen LogP contribution in [0.4, 0.5) is 0 Å². The van der Waals surface area contributed by atoms with Gasteiger partial charge < -0.3 is 15.0 Å². The predicted octanol–water partition coefficient (Wildman–Crippen LogP) is 5.38. The molecule has 0 aromatic heterocycles. The summed E-state index contributed by atoms with van der Waals surface area (Å²) in [5, 5.41) is 3.25. The van der Waals surface area contributed by atoms with Crippen molar-refractivity contribution < 1.29 is 14.3 Å². The highest BCUT2D eigenvalue weighted by Gasteiger charge is 2.24. The van der Waals surface area contributed by atoms with Crippen molar-refractivity contribution in [2.24, 2.45) is 0 Å². The van der Waals surface area contributed by atoms with Crippen molar-refractivity contribution in [3.8, 4) is 0 Å². The number of carbonyl (C=O) groups excluding carboxylic acids is 2. The lowest BCUT2D eigenvalue weighted by Gasteiger charge is -2.34. The fourth-order valence-corrected chi connectivity index (χ4v) is 5.01. The molecule has 4 rings (SSSR count). The van der Waals surface area contributed by atoms with E-state index in [-0.39, 0.29) is 23.8 Å². The summed E-state index contributed by atoms with van der Waals surface area (Å²) in [5.41, 5.74) is 4.10. The average molecular weight is 485 g/mol. The molecular formula is C31H36N2O3. The van der Waals surface area contributed by atoms with E-state index in [1.807, 2.05) is 19.1 Å². The Morgan fingerprint density at radius 1 is 0.861 bits per heavy atom. The number of nitrogens with zero attached hydrogens (tertiary/aromatic N) is 1. The molecule has 1 amide bonds. The van der Waals surface area contributed by atoms with Gasteiger partial charge in [0.1, 0.15) is 0 Å². The molecule has 1 unspecified atom stereocenters. The summed E-state index contributed by atoms with van der Waals surface area (Å²) in [4.78, 5) is 27.0. The molecule has 5 heteroatoms. The zero-order valence-electron chi connectivity index (χ0n) is 21.2. The van der Waals surface area contributed by atoms with Gasteiger partial charge in [-0.05, 0) is 61.6 Å². The van der Waals surface area contributed by atoms with E-state index in [9.17, 15) is 9.59 Å². The molecular weight excluding hydrogens is 448 g/mol. The number of carbonyl (C=O) groups is 2. The Labute approximate surface area is 214 Å². The van der Waals surface area contributed by atoms with E-state index < -0.39 is 0 Å². The van der Waals surface area contributed by atoms with Gasteiger partial charge in [0, 0.05) is 25.0 Å². The highest BCUT2D eigenvalue weighted by Crippen LogP contribution is 2.28. The minimum atomic E-state index is -0.371. The Hall–Kier alpha value is -3.44. The number of likely N-dealkylation sites (tertiary alicyclic amines) is 1. The van der Waals surface area contributed by atoms with E-state index >= 15 is 0 Å². The number of ether oxygens (including phenoxy) is 1. The fraction of sp³-hybridized carbons (Fsp3) is 0.355. The van der Waals surface area contributed by atoms with E-state index in [2.05, 4.69) is 70.9 Å². The smallest absolute Gasteiger partial charge is 0.337 e. The Bertz CT molecular complexity index is 1070. The number of benzene rings is 3. The molecule has 0 radical (unpaired) electrons. The van der Waals surface area contributed by atoms with Gasteiger partial charge in [0.15, 0.2) is 0 Å². The number of methoxy groups -OCH3 is 1. The summed E-state index contributed by atoms with van der Waals surface area (Å²) < 4.78 is 4.75. The van der Waals surface area contributed by atoms with Gasteiger partial charge in [0.05, 0.1) is 18.6 Å². The van der Waals surface area contributed by atoms with Gasteiger partial charge in [-0.15, -0.1) is 0 Å². The second-order valence-corrected chi connectivity index (χ2v) is 9.62. The van der Waals surface area contributed by atoms with Gasteiger partial charge >= 0.3 is 5.97 Å². The van der Waals surface area contributed by atoms with Crippen LogP contribution in [0.25, 0.3) is 0 Å². The molecule has 36 heavy (non-hydrogen) atoms. The molecule has 1 saturated heterocycles. The third kappa shape index (κ3) is 6.61. The Balaban J connectivity index is 1.27. The summed E-state index contributed by atoms with van der Waals surface area (Å²) >= 11 is 0. The minimum absolute atomic E-state index is 0.0347. The van der Waals surface area contributed by atoms with Gasteiger partial charge in [0.2, 0.25) is 5.91 Å². The van der Waals surface area contributed by atoms with Crippen molar-refractivity contribution in [3.05, 3.63) is 107 Å². The molecule has 0 aliphatic carbocycles. The summed E-state index contributed by atoms with van der Waals surface area (Å²) in [7, 11) is 1.36. The first kappa shape index (κ1) is 25.6. The molecule has 1 atom stereocenters. The molecule has 0 spiro atoms. The van der Waals surface area contributed by atoms with Crippen LogP contribution in [-0.4, -0.2) is 49.6 Å². The lowest BCUT2D eigenvalue weighted by atomic mass is 9.88. The molecule has 3 aromatic rings. The lowest BCUT2D eigenvalue weighted by molar-refractivity contribution is -0.123. The highest BCUT2D eigenvalue weighted by atomic mass is 16.5. The maximum absolute atomic E-state index is 12.9. The van der Waals surface area contributed by atoms with E-state index in [0.717, 1.165) is 44.5 Å². The zero-order valence-corrected chi connectivity index (χ0v) is 21.2. The fourth-order valence-electron chi connectivity index (χ4n) is 5.01. The number of nitrogens with one attached hydrogen (secondary N) is 1. The quantitative estimate of drug-likeness (QED) is 0.414. The standard InChI is InChI=1S/C31H36N2O3/c1-23(24-13-15-27(16-14-24)31(35)36-2)30(34)32-28-17-20-33(21-18-28)22-19-29(25-9-5-3-6-10-25)26-11-7-4-8-12-26/h3-16,23,28-29H,17-22H2,1-2H3,(H,32,34). The van der Waals surface area contributed by atoms with E-state index in [1.165, 1.54) is 18.2 Å². The summed E-state index contributed by atoms with van der Waals surface area (Å²) in [6.45, 7) is 4.93. The van der Waals surface area contributed by atoms with Gasteiger partial charge in [-0.3, -0.25) is 4.79 Å². The maximum atomic E-state index is 12.9. The third-order valence-electron chi connectivity index (χ3n) is 7.30. The molecule has 0 saturated carbocycles. The SMILES string of the molecule is COC(=O)c1ccc(C(C)C(=O)NC2CCN(CCC(c3ccccc3)c3ccccc3)CC2)cc1. The van der Waals surface area contributed by atoms with Crippen molar-refractivity contribution in [2.75, 3.05) is 26.7 Å². The van der Waals surface area contributed by atoms with Crippen LogP contribution in [0.15, 0.2) is 84.9 Å². The number of hydrogen-bond donors (Lipinski definition) is 1. The second-order valence-electron chi connectivity index (χ2n) is 9.62. The van der Waals surface area contributed by atoms with Crippen LogP contribution in [-0.2, 0) is 9.53 Å². The summed E-state index contributed by atoms with van der Waals surface area (Å²) in [6.07, 6.45) is 2.99.